The molecular formula is C11H11N3. The lowest BCUT2D eigenvalue weighted by molar-refractivity contribution is 0.936. The van der Waals surface area contributed by atoms with Crippen molar-refractivity contribution in [3.63, 3.8) is 0 Å². The zero-order valence-electron chi connectivity index (χ0n) is 7.96. The van der Waals surface area contributed by atoms with Gasteiger partial charge in [0, 0.05) is 11.8 Å². The second-order valence-electron chi connectivity index (χ2n) is 2.90. The van der Waals surface area contributed by atoms with Crippen LogP contribution in [0.25, 0.3) is 17.6 Å². The molecule has 3 heteroatoms. The minimum Gasteiger partial charge on any atom is -0.228 e. The summed E-state index contributed by atoms with van der Waals surface area (Å²) in [6.45, 7) is 1.95. The molecule has 0 unspecified atom stereocenters. The first kappa shape index (κ1) is 8.69. The maximum Gasteiger partial charge on any atom is 0.181 e. The van der Waals surface area contributed by atoms with E-state index in [4.69, 9.17) is 0 Å². The summed E-state index contributed by atoms with van der Waals surface area (Å²) in [7, 11) is 0. The van der Waals surface area contributed by atoms with Crippen LogP contribution in [0.4, 0.5) is 0 Å². The molecule has 0 saturated heterocycles. The molecule has 0 spiro atoms. The summed E-state index contributed by atoms with van der Waals surface area (Å²) in [5.41, 5.74) is 1.04. The predicted octanol–water partition coefficient (Wildman–Crippen LogP) is 2.44. The maximum absolute atomic E-state index is 4.29. The lowest BCUT2D eigenvalue weighted by Gasteiger charge is -1.92. The van der Waals surface area contributed by atoms with Crippen LogP contribution in [-0.4, -0.2) is 14.8 Å². The van der Waals surface area contributed by atoms with E-state index < -0.39 is 0 Å². The van der Waals surface area contributed by atoms with Crippen molar-refractivity contribution >= 4 is 6.20 Å². The monoisotopic (exact) mass is 185 g/mol. The highest BCUT2D eigenvalue weighted by Gasteiger charge is 2.00. The lowest BCUT2D eigenvalue weighted by atomic mass is 10.2. The summed E-state index contributed by atoms with van der Waals surface area (Å²) in [6, 6.07) is 9.93. The van der Waals surface area contributed by atoms with Crippen molar-refractivity contribution in [2.45, 2.75) is 6.92 Å². The molecule has 0 saturated carbocycles. The SMILES string of the molecule is C/C=C\n1cnc(-c2ccccc2)n1. The molecule has 0 radical (unpaired) electrons. The van der Waals surface area contributed by atoms with Gasteiger partial charge in [-0.3, -0.25) is 0 Å². The summed E-state index contributed by atoms with van der Waals surface area (Å²) in [5, 5.41) is 4.29. The molecule has 0 bridgehead atoms. The Morgan fingerprint density at radius 3 is 2.71 bits per heavy atom. The highest BCUT2D eigenvalue weighted by Crippen LogP contribution is 2.12. The second kappa shape index (κ2) is 3.87. The normalized spacial score (nSPS) is 10.9. The first-order chi connectivity index (χ1) is 6.90. The van der Waals surface area contributed by atoms with Gasteiger partial charge in [0.25, 0.3) is 0 Å². The van der Waals surface area contributed by atoms with Gasteiger partial charge in [-0.05, 0) is 6.92 Å². The number of benzene rings is 1. The van der Waals surface area contributed by atoms with Crippen molar-refractivity contribution in [3.05, 3.63) is 42.7 Å². The van der Waals surface area contributed by atoms with Gasteiger partial charge < -0.3 is 0 Å². The molecule has 0 fully saturated rings. The zero-order valence-corrected chi connectivity index (χ0v) is 7.96. The Morgan fingerprint density at radius 2 is 2.00 bits per heavy atom. The van der Waals surface area contributed by atoms with Crippen LogP contribution in [0.5, 0.6) is 0 Å². The maximum atomic E-state index is 4.29. The second-order valence-corrected chi connectivity index (χ2v) is 2.90. The van der Waals surface area contributed by atoms with Gasteiger partial charge in [0.15, 0.2) is 5.82 Å². The van der Waals surface area contributed by atoms with Crippen LogP contribution in [0.1, 0.15) is 6.92 Å². The molecule has 2 aromatic rings. The van der Waals surface area contributed by atoms with Crippen molar-refractivity contribution in [3.8, 4) is 11.4 Å². The Balaban J connectivity index is 2.34. The molecule has 0 amide bonds. The fraction of sp³-hybridized carbons (Fsp3) is 0.0909. The minimum atomic E-state index is 0.753. The average Bonchev–Trinajstić information content (AvgIpc) is 2.68. The molecule has 1 aromatic heterocycles. The van der Waals surface area contributed by atoms with Crippen LogP contribution < -0.4 is 0 Å². The van der Waals surface area contributed by atoms with E-state index in [-0.39, 0.29) is 0 Å². The quantitative estimate of drug-likeness (QED) is 0.719. The smallest absolute Gasteiger partial charge is 0.181 e. The molecule has 1 heterocycles. The molecule has 0 aliphatic carbocycles. The minimum absolute atomic E-state index is 0.753. The molecule has 0 atom stereocenters. The van der Waals surface area contributed by atoms with Crippen LogP contribution in [0, 0.1) is 0 Å². The number of nitrogens with zero attached hydrogens (tertiary/aromatic N) is 3. The molecular weight excluding hydrogens is 174 g/mol. The summed E-state index contributed by atoms with van der Waals surface area (Å²) in [5.74, 6) is 0.753. The van der Waals surface area contributed by atoms with Crippen molar-refractivity contribution < 1.29 is 0 Å². The first-order valence-corrected chi connectivity index (χ1v) is 4.49. The fourth-order valence-electron chi connectivity index (χ4n) is 1.22. The number of aromatic nitrogens is 3. The predicted molar refractivity (Wildman–Crippen MR) is 56.5 cm³/mol. The van der Waals surface area contributed by atoms with Crippen LogP contribution >= 0.6 is 0 Å². The Hall–Kier alpha value is -1.90. The van der Waals surface area contributed by atoms with E-state index in [9.17, 15) is 0 Å². The van der Waals surface area contributed by atoms with Crippen molar-refractivity contribution in [1.29, 1.82) is 0 Å². The molecule has 1 aromatic carbocycles. The topological polar surface area (TPSA) is 30.7 Å². The van der Waals surface area contributed by atoms with Crippen molar-refractivity contribution in [2.75, 3.05) is 0 Å². The highest BCUT2D eigenvalue weighted by molar-refractivity contribution is 5.53. The summed E-state index contributed by atoms with van der Waals surface area (Å²) in [6.07, 6.45) is 5.48. The lowest BCUT2D eigenvalue weighted by Crippen LogP contribution is -1.86. The van der Waals surface area contributed by atoms with Gasteiger partial charge in [-0.15, -0.1) is 5.10 Å². The summed E-state index contributed by atoms with van der Waals surface area (Å²) in [4.78, 5) is 4.21. The summed E-state index contributed by atoms with van der Waals surface area (Å²) >= 11 is 0. The molecule has 3 nitrogen and oxygen atoms in total. The number of rotatable bonds is 2. The van der Waals surface area contributed by atoms with Crippen LogP contribution in [0.3, 0.4) is 0 Å². The highest BCUT2D eigenvalue weighted by atomic mass is 15.3. The van der Waals surface area contributed by atoms with Gasteiger partial charge in [0.2, 0.25) is 0 Å². The molecule has 0 aliphatic heterocycles. The Kier molecular flexibility index (Phi) is 2.40. The third-order valence-corrected chi connectivity index (χ3v) is 1.84. The van der Waals surface area contributed by atoms with Gasteiger partial charge in [-0.2, -0.15) is 0 Å². The Bertz CT molecular complexity index is 429. The zero-order chi connectivity index (χ0) is 9.80. The van der Waals surface area contributed by atoms with E-state index in [2.05, 4.69) is 10.1 Å². The molecule has 2 rings (SSSR count). The van der Waals surface area contributed by atoms with Crippen LogP contribution in [-0.2, 0) is 0 Å². The number of allylic oxidation sites excluding steroid dienone is 1. The van der Waals surface area contributed by atoms with Crippen molar-refractivity contribution in [1.82, 2.24) is 14.8 Å². The van der Waals surface area contributed by atoms with E-state index in [1.54, 1.807) is 11.0 Å². The van der Waals surface area contributed by atoms with Crippen molar-refractivity contribution in [2.24, 2.45) is 0 Å². The van der Waals surface area contributed by atoms with Crippen LogP contribution in [0.15, 0.2) is 42.7 Å². The summed E-state index contributed by atoms with van der Waals surface area (Å²) < 4.78 is 1.70. The van der Waals surface area contributed by atoms with Gasteiger partial charge >= 0.3 is 0 Å². The van der Waals surface area contributed by atoms with E-state index >= 15 is 0 Å². The van der Waals surface area contributed by atoms with E-state index in [0.717, 1.165) is 11.4 Å². The molecule has 0 N–H and O–H groups in total. The van der Waals surface area contributed by atoms with E-state index in [1.165, 1.54) is 0 Å². The van der Waals surface area contributed by atoms with Gasteiger partial charge in [0.05, 0.1) is 0 Å². The Morgan fingerprint density at radius 1 is 1.21 bits per heavy atom. The van der Waals surface area contributed by atoms with Gasteiger partial charge in [0.1, 0.15) is 6.33 Å². The number of hydrogen-bond acceptors (Lipinski definition) is 2. The number of hydrogen-bond donors (Lipinski definition) is 0. The van der Waals surface area contributed by atoms with E-state index in [0.29, 0.717) is 0 Å². The first-order valence-electron chi connectivity index (χ1n) is 4.49. The standard InChI is InChI=1S/C11H11N3/c1-2-8-14-9-12-11(13-14)10-6-4-3-5-7-10/h2-9H,1H3/b8-2-. The molecule has 0 aliphatic rings. The molecule has 14 heavy (non-hydrogen) atoms. The third kappa shape index (κ3) is 1.71. The van der Waals surface area contributed by atoms with Gasteiger partial charge in [-0.25, -0.2) is 9.67 Å². The van der Waals surface area contributed by atoms with Gasteiger partial charge in [-0.1, -0.05) is 36.4 Å². The molecule has 70 valence electrons. The fourth-order valence-corrected chi connectivity index (χ4v) is 1.22. The van der Waals surface area contributed by atoms with Crippen LogP contribution in [0.2, 0.25) is 0 Å². The third-order valence-electron chi connectivity index (χ3n) is 1.84. The van der Waals surface area contributed by atoms with E-state index in [1.807, 2.05) is 49.5 Å². The largest absolute Gasteiger partial charge is 0.228 e. The average molecular weight is 185 g/mol. The Labute approximate surface area is 82.7 Å².